The van der Waals surface area contributed by atoms with Gasteiger partial charge < -0.3 is 23.7 Å². The molecule has 9 nitrogen and oxygen atoms in total. The van der Waals surface area contributed by atoms with Gasteiger partial charge in [0.15, 0.2) is 6.23 Å². The van der Waals surface area contributed by atoms with Gasteiger partial charge >= 0.3 is 6.01 Å². The van der Waals surface area contributed by atoms with E-state index in [2.05, 4.69) is 56.0 Å². The van der Waals surface area contributed by atoms with Crippen molar-refractivity contribution in [3.05, 3.63) is 30.5 Å². The molecule has 2 aromatic heterocycles. The fraction of sp³-hybridized carbons (Fsp3) is 0.607. The second-order valence-electron chi connectivity index (χ2n) is 11.5. The van der Waals surface area contributed by atoms with Crippen molar-refractivity contribution in [2.75, 3.05) is 26.4 Å². The lowest BCUT2D eigenvalue weighted by molar-refractivity contribution is -0.0365. The molecule has 10 heteroatoms. The summed E-state index contributed by atoms with van der Waals surface area (Å²) in [5.41, 5.74) is 2.43. The van der Waals surface area contributed by atoms with Gasteiger partial charge in [-0.25, -0.2) is 9.67 Å². The minimum Gasteiger partial charge on any atom is -0.543 e. The van der Waals surface area contributed by atoms with Crippen molar-refractivity contribution in [3.63, 3.8) is 0 Å². The normalized spacial score (nSPS) is 17.5. The zero-order valence-corrected chi connectivity index (χ0v) is 24.6. The molecule has 1 aliphatic heterocycles. The first-order chi connectivity index (χ1) is 18.0. The van der Waals surface area contributed by atoms with E-state index < -0.39 is 14.4 Å². The molecule has 3 heterocycles. The van der Waals surface area contributed by atoms with Crippen LogP contribution in [0.3, 0.4) is 0 Å². The lowest BCUT2D eigenvalue weighted by Gasteiger charge is -2.36. The maximum atomic E-state index is 9.30. The van der Waals surface area contributed by atoms with Crippen molar-refractivity contribution in [2.45, 2.75) is 83.8 Å². The number of benzene rings is 1. The van der Waals surface area contributed by atoms with E-state index in [4.69, 9.17) is 23.7 Å². The summed E-state index contributed by atoms with van der Waals surface area (Å²) in [6, 6.07) is 8.36. The smallest absolute Gasteiger partial charge is 0.316 e. The summed E-state index contributed by atoms with van der Waals surface area (Å²) in [5, 5.41) is 15.4. The van der Waals surface area contributed by atoms with Crippen LogP contribution in [-0.4, -0.2) is 65.7 Å². The van der Waals surface area contributed by atoms with E-state index in [1.165, 1.54) is 0 Å². The quantitative estimate of drug-likeness (QED) is 0.242. The Labute approximate surface area is 226 Å². The van der Waals surface area contributed by atoms with Crippen LogP contribution in [0.2, 0.25) is 18.1 Å². The fourth-order valence-electron chi connectivity index (χ4n) is 4.08. The highest BCUT2D eigenvalue weighted by atomic mass is 28.4. The monoisotopic (exact) mass is 542 g/mol. The van der Waals surface area contributed by atoms with E-state index in [0.717, 1.165) is 48.2 Å². The predicted molar refractivity (Wildman–Crippen MR) is 150 cm³/mol. The van der Waals surface area contributed by atoms with Crippen molar-refractivity contribution in [1.29, 1.82) is 0 Å². The number of aliphatic hydroxyl groups is 1. The average Bonchev–Trinajstić information content (AvgIpc) is 3.25. The number of rotatable bonds is 11. The second-order valence-corrected chi connectivity index (χ2v) is 16.2. The molecule has 0 aliphatic carbocycles. The highest BCUT2D eigenvalue weighted by Crippen LogP contribution is 2.39. The standard InChI is InChI=1S/C28H42N4O5Si/c1-20(33)19-34-15-9-17-36-27-29-14-13-23(30-27)26-22-18-21(37-38(5,6)28(2,3)4)11-12-24(22)32(31-26)25-10-7-8-16-35-25/h11-14,18,20,25,33H,7-10,15-17,19H2,1-6H3. The molecule has 0 saturated carbocycles. The minimum atomic E-state index is -2.02. The Morgan fingerprint density at radius 3 is 2.71 bits per heavy atom. The van der Waals surface area contributed by atoms with Crippen molar-refractivity contribution in [3.8, 4) is 23.1 Å². The summed E-state index contributed by atoms with van der Waals surface area (Å²) in [6.07, 6.45) is 4.89. The Morgan fingerprint density at radius 1 is 1.18 bits per heavy atom. The zero-order chi connectivity index (χ0) is 27.3. The number of aliphatic hydroxyl groups excluding tert-OH is 1. The predicted octanol–water partition coefficient (Wildman–Crippen LogP) is 5.74. The van der Waals surface area contributed by atoms with Gasteiger partial charge in [0.2, 0.25) is 8.32 Å². The van der Waals surface area contributed by atoms with Crippen LogP contribution in [0.15, 0.2) is 30.5 Å². The summed E-state index contributed by atoms with van der Waals surface area (Å²) in [7, 11) is -2.02. The van der Waals surface area contributed by atoms with E-state index in [1.54, 1.807) is 13.1 Å². The van der Waals surface area contributed by atoms with Crippen LogP contribution < -0.4 is 9.16 Å². The fourth-order valence-corrected chi connectivity index (χ4v) is 5.10. The van der Waals surface area contributed by atoms with Crippen LogP contribution in [-0.2, 0) is 9.47 Å². The van der Waals surface area contributed by atoms with E-state index in [1.807, 2.05) is 16.8 Å². The van der Waals surface area contributed by atoms with Crippen LogP contribution in [0.4, 0.5) is 0 Å². The van der Waals surface area contributed by atoms with Gasteiger partial charge in [-0.15, -0.1) is 0 Å². The summed E-state index contributed by atoms with van der Waals surface area (Å²) >= 11 is 0. The molecule has 1 fully saturated rings. The van der Waals surface area contributed by atoms with Crippen LogP contribution in [0, 0.1) is 0 Å². The summed E-state index contributed by atoms with van der Waals surface area (Å²) in [5.74, 6) is 0.845. The van der Waals surface area contributed by atoms with E-state index >= 15 is 0 Å². The molecule has 1 N–H and O–H groups in total. The molecular weight excluding hydrogens is 500 g/mol. The first-order valence-electron chi connectivity index (χ1n) is 13.6. The van der Waals surface area contributed by atoms with Crippen LogP contribution in [0.1, 0.15) is 59.6 Å². The van der Waals surface area contributed by atoms with Crippen LogP contribution in [0.5, 0.6) is 11.8 Å². The molecule has 208 valence electrons. The van der Waals surface area contributed by atoms with Gasteiger partial charge in [-0.1, -0.05) is 20.8 Å². The topological polar surface area (TPSA) is 101 Å². The molecule has 4 rings (SSSR count). The molecular formula is C28H42N4O5Si. The molecule has 2 atom stereocenters. The van der Waals surface area contributed by atoms with Crippen molar-refractivity contribution >= 4 is 19.2 Å². The lowest BCUT2D eigenvalue weighted by atomic mass is 10.1. The van der Waals surface area contributed by atoms with E-state index in [0.29, 0.717) is 37.9 Å². The SMILES string of the molecule is CC(O)COCCCOc1nccc(-c2nn(C3CCCCO3)c3ccc(O[Si](C)(C)C(C)(C)C)cc23)n1. The highest BCUT2D eigenvalue weighted by molar-refractivity contribution is 6.74. The number of hydrogen-bond acceptors (Lipinski definition) is 8. The van der Waals surface area contributed by atoms with Gasteiger partial charge in [-0.2, -0.15) is 10.1 Å². The number of aromatic nitrogens is 4. The van der Waals surface area contributed by atoms with Crippen molar-refractivity contribution in [1.82, 2.24) is 19.7 Å². The van der Waals surface area contributed by atoms with Gasteiger partial charge in [-0.3, -0.25) is 0 Å². The third-order valence-corrected chi connectivity index (χ3v) is 11.5. The molecule has 0 amide bonds. The van der Waals surface area contributed by atoms with Gasteiger partial charge in [0.05, 0.1) is 30.5 Å². The van der Waals surface area contributed by atoms with Crippen molar-refractivity contribution < 1.29 is 23.7 Å². The Morgan fingerprint density at radius 2 is 2.00 bits per heavy atom. The Balaban J connectivity index is 1.62. The molecule has 0 spiro atoms. The largest absolute Gasteiger partial charge is 0.543 e. The summed E-state index contributed by atoms with van der Waals surface area (Å²) in [4.78, 5) is 8.97. The maximum Gasteiger partial charge on any atom is 0.316 e. The maximum absolute atomic E-state index is 9.30. The molecule has 3 aromatic rings. The molecule has 1 saturated heterocycles. The summed E-state index contributed by atoms with van der Waals surface area (Å²) in [6.45, 7) is 14.9. The molecule has 0 radical (unpaired) electrons. The molecule has 1 aromatic carbocycles. The Kier molecular flexibility index (Phi) is 9.07. The third-order valence-electron chi connectivity index (χ3n) is 7.18. The number of fused-ring (bicyclic) bond motifs is 1. The minimum absolute atomic E-state index is 0.0885. The van der Waals surface area contributed by atoms with E-state index in [-0.39, 0.29) is 11.3 Å². The first kappa shape index (κ1) is 28.5. The molecule has 38 heavy (non-hydrogen) atoms. The third kappa shape index (κ3) is 6.91. The molecule has 0 bridgehead atoms. The zero-order valence-electron chi connectivity index (χ0n) is 23.6. The average molecular weight is 543 g/mol. The first-order valence-corrected chi connectivity index (χ1v) is 16.5. The number of nitrogens with zero attached hydrogens (tertiary/aromatic N) is 4. The number of hydrogen-bond donors (Lipinski definition) is 1. The van der Waals surface area contributed by atoms with Crippen LogP contribution in [0.25, 0.3) is 22.3 Å². The summed E-state index contributed by atoms with van der Waals surface area (Å²) < 4.78 is 25.9. The van der Waals surface area contributed by atoms with Crippen LogP contribution >= 0.6 is 0 Å². The van der Waals surface area contributed by atoms with Crippen molar-refractivity contribution in [2.24, 2.45) is 0 Å². The van der Waals surface area contributed by atoms with Gasteiger partial charge in [0, 0.05) is 31.2 Å². The molecule has 2 unspecified atom stereocenters. The van der Waals surface area contributed by atoms with E-state index in [9.17, 15) is 5.11 Å². The Hall–Kier alpha value is -2.53. The second kappa shape index (κ2) is 12.1. The lowest BCUT2D eigenvalue weighted by Crippen LogP contribution is -2.43. The highest BCUT2D eigenvalue weighted by Gasteiger charge is 2.39. The van der Waals surface area contributed by atoms with Gasteiger partial charge in [-0.05, 0) is 68.6 Å². The van der Waals surface area contributed by atoms with Gasteiger partial charge in [0.1, 0.15) is 11.4 Å². The molecule has 1 aliphatic rings. The van der Waals surface area contributed by atoms with Gasteiger partial charge in [0.25, 0.3) is 0 Å². The number of ether oxygens (including phenoxy) is 3. The Bertz CT molecular complexity index is 1200.